The first kappa shape index (κ1) is 17.8. The van der Waals surface area contributed by atoms with Gasteiger partial charge >= 0.3 is 12.1 Å². The second-order valence-electron chi connectivity index (χ2n) is 5.61. The summed E-state index contributed by atoms with van der Waals surface area (Å²) < 4.78 is 47.1. The summed E-state index contributed by atoms with van der Waals surface area (Å²) in [6.45, 7) is 1.76. The monoisotopic (exact) mass is 417 g/mol. The molecule has 0 fully saturated rings. The van der Waals surface area contributed by atoms with E-state index in [2.05, 4.69) is 26.3 Å². The smallest absolute Gasteiger partial charge is 0.410 e. The van der Waals surface area contributed by atoms with Crippen molar-refractivity contribution in [1.82, 2.24) is 9.78 Å². The van der Waals surface area contributed by atoms with E-state index in [1.165, 1.54) is 0 Å². The molecule has 3 rings (SSSR count). The summed E-state index contributed by atoms with van der Waals surface area (Å²) >= 11 is 3.30. The second kappa shape index (κ2) is 6.70. The molecule has 1 aliphatic rings. The summed E-state index contributed by atoms with van der Waals surface area (Å²) in [5.74, 6) is -0.673. The van der Waals surface area contributed by atoms with E-state index in [4.69, 9.17) is 4.74 Å². The largest absolute Gasteiger partial charge is 0.462 e. The van der Waals surface area contributed by atoms with Crippen molar-refractivity contribution in [1.29, 1.82) is 0 Å². The third kappa shape index (κ3) is 3.51. The molecule has 0 radical (unpaired) electrons. The summed E-state index contributed by atoms with van der Waals surface area (Å²) in [6, 6.07) is 4.59. The molecule has 0 amide bonds. The molecule has 0 bridgehead atoms. The molecule has 134 valence electrons. The number of hydrogen-bond acceptors (Lipinski definition) is 4. The number of benzene rings is 1. The summed E-state index contributed by atoms with van der Waals surface area (Å²) in [6.07, 6.45) is -3.59. The fourth-order valence-corrected chi connectivity index (χ4v) is 3.10. The molecule has 0 aliphatic carbocycles. The number of ether oxygens (including phenoxy) is 1. The van der Waals surface area contributed by atoms with Gasteiger partial charge in [-0.2, -0.15) is 18.3 Å². The Hall–Kier alpha value is -2.03. The minimum Gasteiger partial charge on any atom is -0.462 e. The number of carbonyl (C=O) groups excluding carboxylic acids is 1. The van der Waals surface area contributed by atoms with Crippen molar-refractivity contribution in [2.45, 2.75) is 31.6 Å². The Morgan fingerprint density at radius 3 is 2.68 bits per heavy atom. The van der Waals surface area contributed by atoms with Crippen LogP contribution in [-0.2, 0) is 4.74 Å². The Bertz CT molecular complexity index is 774. The van der Waals surface area contributed by atoms with E-state index in [1.54, 1.807) is 31.2 Å². The summed E-state index contributed by atoms with van der Waals surface area (Å²) in [7, 11) is 0. The van der Waals surface area contributed by atoms with Crippen molar-refractivity contribution in [2.75, 3.05) is 11.9 Å². The fourth-order valence-electron chi connectivity index (χ4n) is 2.83. The number of halogens is 4. The number of esters is 1. The average molecular weight is 418 g/mol. The summed E-state index contributed by atoms with van der Waals surface area (Å²) in [4.78, 5) is 12.0. The van der Waals surface area contributed by atoms with Crippen LogP contribution in [0.2, 0.25) is 0 Å². The number of fused-ring (bicyclic) bond motifs is 1. The Balaban J connectivity index is 2.02. The van der Waals surface area contributed by atoms with Gasteiger partial charge in [-0.1, -0.05) is 28.1 Å². The SMILES string of the molecule is CCOC(=O)c1cnn2c1N[C@H](c1ccc(Br)cc1)C[C@H]2C(F)(F)F. The number of alkyl halides is 3. The highest BCUT2D eigenvalue weighted by Crippen LogP contribution is 2.44. The van der Waals surface area contributed by atoms with Gasteiger partial charge < -0.3 is 10.1 Å². The first-order valence-electron chi connectivity index (χ1n) is 7.64. The van der Waals surface area contributed by atoms with Gasteiger partial charge in [-0.15, -0.1) is 0 Å². The summed E-state index contributed by atoms with van der Waals surface area (Å²) in [5.41, 5.74) is 0.692. The Morgan fingerprint density at radius 1 is 1.40 bits per heavy atom. The second-order valence-corrected chi connectivity index (χ2v) is 6.53. The standard InChI is InChI=1S/C16H15BrF3N3O2/c1-2-25-15(24)11-8-21-23-13(16(18,19)20)7-12(22-14(11)23)9-3-5-10(17)6-4-9/h3-6,8,12-13,22H,2,7H2,1H3/t12-,13-/m0/s1. The van der Waals surface area contributed by atoms with Gasteiger partial charge in [-0.05, 0) is 24.6 Å². The fraction of sp³-hybridized carbons (Fsp3) is 0.375. The minimum atomic E-state index is -4.48. The van der Waals surface area contributed by atoms with Gasteiger partial charge in [0, 0.05) is 10.9 Å². The molecule has 1 aliphatic heterocycles. The molecule has 2 aromatic rings. The molecule has 0 unspecified atom stereocenters. The molecular weight excluding hydrogens is 403 g/mol. The highest BCUT2D eigenvalue weighted by molar-refractivity contribution is 9.10. The van der Waals surface area contributed by atoms with E-state index in [0.717, 1.165) is 15.4 Å². The van der Waals surface area contributed by atoms with Gasteiger partial charge in [0.15, 0.2) is 6.04 Å². The van der Waals surface area contributed by atoms with Gasteiger partial charge in [-0.3, -0.25) is 0 Å². The molecule has 2 heterocycles. The van der Waals surface area contributed by atoms with Crippen LogP contribution in [-0.4, -0.2) is 28.5 Å². The molecule has 1 aromatic heterocycles. The molecule has 5 nitrogen and oxygen atoms in total. The van der Waals surface area contributed by atoms with Crippen LogP contribution in [0.1, 0.15) is 41.3 Å². The third-order valence-corrected chi connectivity index (χ3v) is 4.53. The lowest BCUT2D eigenvalue weighted by Crippen LogP contribution is -2.36. The Morgan fingerprint density at radius 2 is 2.08 bits per heavy atom. The number of rotatable bonds is 3. The van der Waals surface area contributed by atoms with Crippen LogP contribution in [0.4, 0.5) is 19.0 Å². The molecular formula is C16H15BrF3N3O2. The van der Waals surface area contributed by atoms with E-state index < -0.39 is 24.2 Å². The topological polar surface area (TPSA) is 56.1 Å². The quantitative estimate of drug-likeness (QED) is 0.747. The number of anilines is 1. The normalized spacial score (nSPS) is 19.9. The van der Waals surface area contributed by atoms with Crippen LogP contribution >= 0.6 is 15.9 Å². The number of hydrogen-bond donors (Lipinski definition) is 1. The zero-order valence-corrected chi connectivity index (χ0v) is 14.8. The number of nitrogens with one attached hydrogen (secondary N) is 1. The molecule has 25 heavy (non-hydrogen) atoms. The van der Waals surface area contributed by atoms with Crippen LogP contribution in [0.25, 0.3) is 0 Å². The van der Waals surface area contributed by atoms with Crippen molar-refractivity contribution in [2.24, 2.45) is 0 Å². The average Bonchev–Trinajstić information content (AvgIpc) is 2.97. The van der Waals surface area contributed by atoms with Crippen molar-refractivity contribution < 1.29 is 22.7 Å². The van der Waals surface area contributed by atoms with Crippen molar-refractivity contribution in [3.8, 4) is 0 Å². The maximum Gasteiger partial charge on any atom is 0.410 e. The lowest BCUT2D eigenvalue weighted by molar-refractivity contribution is -0.173. The van der Waals surface area contributed by atoms with Gasteiger partial charge in [0.05, 0.1) is 18.8 Å². The van der Waals surface area contributed by atoms with Crippen LogP contribution in [0.3, 0.4) is 0 Å². The zero-order valence-electron chi connectivity index (χ0n) is 13.2. The Labute approximate surface area is 150 Å². The van der Waals surface area contributed by atoms with Gasteiger partial charge in [-0.25, -0.2) is 9.48 Å². The van der Waals surface area contributed by atoms with Crippen molar-refractivity contribution >= 4 is 27.7 Å². The van der Waals surface area contributed by atoms with Crippen LogP contribution < -0.4 is 5.32 Å². The molecule has 9 heteroatoms. The first-order chi connectivity index (χ1) is 11.8. The van der Waals surface area contributed by atoms with Crippen molar-refractivity contribution in [3.63, 3.8) is 0 Å². The predicted molar refractivity (Wildman–Crippen MR) is 88.4 cm³/mol. The first-order valence-corrected chi connectivity index (χ1v) is 8.44. The maximum atomic E-state index is 13.5. The predicted octanol–water partition coefficient (Wildman–Crippen LogP) is 4.48. The molecule has 2 atom stereocenters. The van der Waals surface area contributed by atoms with Gasteiger partial charge in [0.1, 0.15) is 11.4 Å². The van der Waals surface area contributed by atoms with E-state index in [-0.39, 0.29) is 24.4 Å². The van der Waals surface area contributed by atoms with E-state index in [0.29, 0.717) is 5.56 Å². The Kier molecular flexibility index (Phi) is 4.77. The van der Waals surface area contributed by atoms with E-state index in [9.17, 15) is 18.0 Å². The lowest BCUT2D eigenvalue weighted by atomic mass is 9.96. The highest BCUT2D eigenvalue weighted by Gasteiger charge is 2.47. The van der Waals surface area contributed by atoms with Crippen LogP contribution in [0.15, 0.2) is 34.9 Å². The molecule has 0 saturated carbocycles. The summed E-state index contributed by atoms with van der Waals surface area (Å²) in [5, 5.41) is 6.78. The van der Waals surface area contributed by atoms with Gasteiger partial charge in [0.25, 0.3) is 0 Å². The molecule has 1 N–H and O–H groups in total. The highest BCUT2D eigenvalue weighted by atomic mass is 79.9. The van der Waals surface area contributed by atoms with Crippen LogP contribution in [0.5, 0.6) is 0 Å². The number of carbonyl (C=O) groups is 1. The van der Waals surface area contributed by atoms with E-state index >= 15 is 0 Å². The molecule has 1 aromatic carbocycles. The molecule has 0 saturated heterocycles. The number of nitrogens with zero attached hydrogens (tertiary/aromatic N) is 2. The van der Waals surface area contributed by atoms with Gasteiger partial charge in [0.2, 0.25) is 0 Å². The molecule has 0 spiro atoms. The van der Waals surface area contributed by atoms with E-state index in [1.807, 2.05) is 0 Å². The maximum absolute atomic E-state index is 13.5. The van der Waals surface area contributed by atoms with Crippen LogP contribution in [0, 0.1) is 0 Å². The lowest BCUT2D eigenvalue weighted by Gasteiger charge is -2.34. The van der Waals surface area contributed by atoms with Crippen molar-refractivity contribution in [3.05, 3.63) is 46.1 Å². The third-order valence-electron chi connectivity index (χ3n) is 4.01. The minimum absolute atomic E-state index is 0.00193. The zero-order chi connectivity index (χ0) is 18.2. The number of aromatic nitrogens is 2.